The lowest BCUT2D eigenvalue weighted by Crippen LogP contribution is -2.27. The Kier molecular flexibility index (Phi) is 6.22. The van der Waals surface area contributed by atoms with E-state index >= 15 is 0 Å². The van der Waals surface area contributed by atoms with Crippen LogP contribution < -0.4 is 20.1 Å². The van der Waals surface area contributed by atoms with Crippen LogP contribution in [0.3, 0.4) is 0 Å². The second-order valence-corrected chi connectivity index (χ2v) is 6.34. The predicted octanol–water partition coefficient (Wildman–Crippen LogP) is 4.68. The van der Waals surface area contributed by atoms with Crippen LogP contribution in [-0.4, -0.2) is 17.2 Å². The number of hydrogen-bond donors (Lipinski definition) is 2. The van der Waals surface area contributed by atoms with Crippen LogP contribution in [0.25, 0.3) is 0 Å². The molecule has 0 radical (unpaired) electrons. The number of pyridine rings is 1. The Morgan fingerprint density at radius 2 is 1.74 bits per heavy atom. The maximum absolute atomic E-state index is 5.76. The highest BCUT2D eigenvalue weighted by atomic mass is 32.1. The van der Waals surface area contributed by atoms with Gasteiger partial charge in [0.15, 0.2) is 16.6 Å². The zero-order valence-electron chi connectivity index (χ0n) is 15.2. The highest BCUT2D eigenvalue weighted by Crippen LogP contribution is 2.30. The minimum Gasteiger partial charge on any atom is -0.493 e. The molecule has 0 aliphatic carbocycles. The number of aromatic nitrogens is 1. The number of rotatable bonds is 6. The summed E-state index contributed by atoms with van der Waals surface area (Å²) in [4.78, 5) is 4.30. The first kappa shape index (κ1) is 18.7. The van der Waals surface area contributed by atoms with Gasteiger partial charge in [-0.1, -0.05) is 42.0 Å². The molecule has 0 amide bonds. The molecule has 6 heteroatoms. The molecule has 0 spiro atoms. The van der Waals surface area contributed by atoms with Crippen molar-refractivity contribution in [3.63, 3.8) is 0 Å². The van der Waals surface area contributed by atoms with Gasteiger partial charge in [0.05, 0.1) is 19.0 Å². The number of hydrogen-bond acceptors (Lipinski definition) is 4. The van der Waals surface area contributed by atoms with Gasteiger partial charge in [-0.15, -0.1) is 0 Å². The summed E-state index contributed by atoms with van der Waals surface area (Å²) in [6, 6.07) is 19.4. The summed E-state index contributed by atoms with van der Waals surface area (Å²) in [5.74, 6) is 1.75. The third-order valence-corrected chi connectivity index (χ3v) is 4.10. The maximum Gasteiger partial charge on any atom is 0.219 e. The van der Waals surface area contributed by atoms with Gasteiger partial charge < -0.3 is 20.1 Å². The summed E-state index contributed by atoms with van der Waals surface area (Å²) in [5.41, 5.74) is 3.19. The number of para-hydroxylation sites is 2. The number of benzene rings is 2. The molecule has 2 N–H and O–H groups in total. The predicted molar refractivity (Wildman–Crippen MR) is 112 cm³/mol. The van der Waals surface area contributed by atoms with E-state index in [1.807, 2.05) is 30.3 Å². The quantitative estimate of drug-likeness (QED) is 0.607. The molecule has 0 unspecified atom stereocenters. The van der Waals surface area contributed by atoms with Crippen molar-refractivity contribution in [3.8, 4) is 17.4 Å². The number of ether oxygens (including phenoxy) is 2. The Morgan fingerprint density at radius 3 is 2.41 bits per heavy atom. The molecule has 0 bridgehead atoms. The number of aryl methyl sites for hydroxylation is 1. The van der Waals surface area contributed by atoms with E-state index in [4.69, 9.17) is 21.7 Å². The minimum atomic E-state index is 0.476. The Balaban J connectivity index is 1.54. The van der Waals surface area contributed by atoms with E-state index in [1.165, 1.54) is 11.1 Å². The van der Waals surface area contributed by atoms with Gasteiger partial charge in [0.2, 0.25) is 5.88 Å². The monoisotopic (exact) mass is 379 g/mol. The number of thiocarbonyl (C=S) groups is 1. The van der Waals surface area contributed by atoms with E-state index in [1.54, 1.807) is 19.4 Å². The molecule has 0 saturated heterocycles. The number of methoxy groups -OCH3 is 1. The molecule has 0 aliphatic rings. The van der Waals surface area contributed by atoms with Crippen molar-refractivity contribution in [2.24, 2.45) is 0 Å². The second-order valence-electron chi connectivity index (χ2n) is 5.93. The molecule has 0 saturated carbocycles. The number of anilines is 1. The molecule has 5 nitrogen and oxygen atoms in total. The van der Waals surface area contributed by atoms with Crippen molar-refractivity contribution in [2.45, 2.75) is 13.5 Å². The summed E-state index contributed by atoms with van der Waals surface area (Å²) >= 11 is 5.33. The third kappa shape index (κ3) is 5.43. The summed E-state index contributed by atoms with van der Waals surface area (Å²) < 4.78 is 11.0. The lowest BCUT2D eigenvalue weighted by atomic mass is 10.1. The van der Waals surface area contributed by atoms with E-state index in [0.717, 1.165) is 5.69 Å². The molecule has 2 aromatic carbocycles. The molecule has 1 aromatic heterocycles. The lowest BCUT2D eigenvalue weighted by Gasteiger charge is -2.12. The van der Waals surface area contributed by atoms with Crippen LogP contribution in [0.5, 0.6) is 17.4 Å². The fourth-order valence-electron chi connectivity index (χ4n) is 2.39. The SMILES string of the molecule is COc1ccccc1Oc1ccc(NC(=S)NCc2ccc(C)cc2)cn1. The summed E-state index contributed by atoms with van der Waals surface area (Å²) in [5, 5.41) is 6.83. The highest BCUT2D eigenvalue weighted by molar-refractivity contribution is 7.80. The summed E-state index contributed by atoms with van der Waals surface area (Å²) in [6.07, 6.45) is 1.67. The van der Waals surface area contributed by atoms with E-state index in [9.17, 15) is 0 Å². The largest absolute Gasteiger partial charge is 0.493 e. The Morgan fingerprint density at radius 1 is 1.00 bits per heavy atom. The van der Waals surface area contributed by atoms with Gasteiger partial charge in [-0.05, 0) is 42.9 Å². The fraction of sp³-hybridized carbons (Fsp3) is 0.143. The number of nitrogens with zero attached hydrogens (tertiary/aromatic N) is 1. The average Bonchev–Trinajstić information content (AvgIpc) is 2.69. The zero-order chi connectivity index (χ0) is 19.1. The Bertz CT molecular complexity index is 896. The van der Waals surface area contributed by atoms with E-state index in [-0.39, 0.29) is 0 Å². The van der Waals surface area contributed by atoms with Crippen LogP contribution in [0.1, 0.15) is 11.1 Å². The van der Waals surface area contributed by atoms with Crippen molar-refractivity contribution < 1.29 is 9.47 Å². The first-order valence-corrected chi connectivity index (χ1v) is 8.92. The normalized spacial score (nSPS) is 10.1. The molecule has 27 heavy (non-hydrogen) atoms. The van der Waals surface area contributed by atoms with Crippen LogP contribution in [0, 0.1) is 6.92 Å². The van der Waals surface area contributed by atoms with Gasteiger partial charge in [0.1, 0.15) is 0 Å². The van der Waals surface area contributed by atoms with Gasteiger partial charge in [0, 0.05) is 12.6 Å². The van der Waals surface area contributed by atoms with Crippen LogP contribution in [0.15, 0.2) is 66.9 Å². The maximum atomic E-state index is 5.76. The molecule has 1 heterocycles. The molecule has 3 aromatic rings. The molecule has 0 atom stereocenters. The van der Waals surface area contributed by atoms with Gasteiger partial charge in [0.25, 0.3) is 0 Å². The zero-order valence-corrected chi connectivity index (χ0v) is 16.0. The molecular formula is C21H21N3O2S. The summed E-state index contributed by atoms with van der Waals surface area (Å²) in [7, 11) is 1.60. The van der Waals surface area contributed by atoms with Crippen LogP contribution in [0.4, 0.5) is 5.69 Å². The number of nitrogens with one attached hydrogen (secondary N) is 2. The smallest absolute Gasteiger partial charge is 0.219 e. The molecular weight excluding hydrogens is 358 g/mol. The fourth-order valence-corrected chi connectivity index (χ4v) is 2.58. The van der Waals surface area contributed by atoms with Crippen LogP contribution >= 0.6 is 12.2 Å². The average molecular weight is 379 g/mol. The molecule has 0 aliphatic heterocycles. The van der Waals surface area contributed by atoms with Gasteiger partial charge in [-0.3, -0.25) is 0 Å². The highest BCUT2D eigenvalue weighted by Gasteiger charge is 2.06. The van der Waals surface area contributed by atoms with E-state index in [0.29, 0.717) is 29.0 Å². The summed E-state index contributed by atoms with van der Waals surface area (Å²) in [6.45, 7) is 2.73. The van der Waals surface area contributed by atoms with Gasteiger partial charge in [-0.25, -0.2) is 4.98 Å². The van der Waals surface area contributed by atoms with Crippen LogP contribution in [-0.2, 0) is 6.54 Å². The minimum absolute atomic E-state index is 0.476. The van der Waals surface area contributed by atoms with E-state index < -0.39 is 0 Å². The third-order valence-electron chi connectivity index (χ3n) is 3.85. The molecule has 0 fully saturated rings. The molecule has 3 rings (SSSR count). The molecule has 138 valence electrons. The van der Waals surface area contributed by atoms with E-state index in [2.05, 4.69) is 46.8 Å². The topological polar surface area (TPSA) is 55.4 Å². The van der Waals surface area contributed by atoms with Crippen molar-refractivity contribution in [1.82, 2.24) is 10.3 Å². The van der Waals surface area contributed by atoms with Crippen LogP contribution in [0.2, 0.25) is 0 Å². The second kappa shape index (κ2) is 9.00. The lowest BCUT2D eigenvalue weighted by molar-refractivity contribution is 0.374. The van der Waals surface area contributed by atoms with Crippen molar-refractivity contribution in [2.75, 3.05) is 12.4 Å². The van der Waals surface area contributed by atoms with Crippen molar-refractivity contribution in [1.29, 1.82) is 0 Å². The first-order chi connectivity index (χ1) is 13.1. The van der Waals surface area contributed by atoms with Gasteiger partial charge in [-0.2, -0.15) is 0 Å². The van der Waals surface area contributed by atoms with Crippen molar-refractivity contribution >= 4 is 23.0 Å². The Hall–Kier alpha value is -3.12. The van der Waals surface area contributed by atoms with Crippen molar-refractivity contribution in [3.05, 3.63) is 78.0 Å². The first-order valence-electron chi connectivity index (χ1n) is 8.51. The standard InChI is InChI=1S/C21H21N3O2S/c1-15-7-9-16(10-8-15)13-23-21(27)24-17-11-12-20(22-14-17)26-19-6-4-3-5-18(19)25-2/h3-12,14H,13H2,1-2H3,(H2,23,24,27). The Labute approximate surface area is 164 Å². The van der Waals surface area contributed by atoms with Gasteiger partial charge >= 0.3 is 0 Å².